The molecule has 0 saturated carbocycles. The quantitative estimate of drug-likeness (QED) is 0.475. The second kappa shape index (κ2) is 9.49. The van der Waals surface area contributed by atoms with Crippen LogP contribution in [0.15, 0.2) is 71.6 Å². The predicted octanol–water partition coefficient (Wildman–Crippen LogP) is 5.95. The summed E-state index contributed by atoms with van der Waals surface area (Å²) >= 11 is 0.383. The number of thioether (sulfide) groups is 1. The molecule has 8 heteroatoms. The van der Waals surface area contributed by atoms with Crippen LogP contribution in [0.5, 0.6) is 0 Å². The van der Waals surface area contributed by atoms with Crippen molar-refractivity contribution in [2.45, 2.75) is 17.6 Å². The summed E-state index contributed by atoms with van der Waals surface area (Å²) in [5.41, 5.74) is 1.55. The third-order valence-electron chi connectivity index (χ3n) is 4.18. The molecular weight excluding hydrogens is 413 g/mol. The van der Waals surface area contributed by atoms with E-state index in [4.69, 9.17) is 0 Å². The van der Waals surface area contributed by atoms with Gasteiger partial charge >= 0.3 is 0 Å². The van der Waals surface area contributed by atoms with Crippen molar-refractivity contribution in [3.63, 3.8) is 0 Å². The maximum Gasteiger partial charge on any atom is 0.288 e. The van der Waals surface area contributed by atoms with E-state index in [1.54, 1.807) is 37.3 Å². The van der Waals surface area contributed by atoms with Gasteiger partial charge in [0.2, 0.25) is 0 Å². The van der Waals surface area contributed by atoms with Gasteiger partial charge in [-0.3, -0.25) is 9.59 Å². The number of hydrogen-bond acceptors (Lipinski definition) is 3. The van der Waals surface area contributed by atoms with Crippen LogP contribution < -0.4 is 10.6 Å². The smallest absolute Gasteiger partial charge is 0.288 e. The number of rotatable bonds is 6. The Bertz CT molecular complexity index is 1090. The largest absolute Gasteiger partial charge is 0.322 e. The fourth-order valence-electron chi connectivity index (χ4n) is 2.69. The SMILES string of the molecule is Cc1ccc(C(=O)Nc2cccc(SC(F)F)c2)cc1NC(=O)c1ccccc1F. The maximum atomic E-state index is 13.8. The molecule has 4 nitrogen and oxygen atoms in total. The van der Waals surface area contributed by atoms with E-state index in [9.17, 15) is 22.8 Å². The molecule has 0 saturated heterocycles. The van der Waals surface area contributed by atoms with Crippen LogP contribution in [0.25, 0.3) is 0 Å². The van der Waals surface area contributed by atoms with Gasteiger partial charge in [-0.1, -0.05) is 36.0 Å². The highest BCUT2D eigenvalue weighted by atomic mass is 32.2. The first-order valence-electron chi connectivity index (χ1n) is 8.86. The molecule has 3 aromatic rings. The molecule has 0 radical (unpaired) electrons. The van der Waals surface area contributed by atoms with Gasteiger partial charge in [-0.25, -0.2) is 4.39 Å². The average molecular weight is 430 g/mol. The summed E-state index contributed by atoms with van der Waals surface area (Å²) in [6.07, 6.45) is 0. The fraction of sp³-hybridized carbons (Fsp3) is 0.0909. The van der Waals surface area contributed by atoms with Gasteiger partial charge in [-0.2, -0.15) is 8.78 Å². The van der Waals surface area contributed by atoms with Crippen molar-refractivity contribution < 1.29 is 22.8 Å². The van der Waals surface area contributed by atoms with E-state index in [0.717, 1.165) is 0 Å². The maximum absolute atomic E-state index is 13.8. The summed E-state index contributed by atoms with van der Waals surface area (Å²) in [7, 11) is 0. The van der Waals surface area contributed by atoms with Crippen LogP contribution in [0.3, 0.4) is 0 Å². The predicted molar refractivity (Wildman–Crippen MR) is 112 cm³/mol. The van der Waals surface area contributed by atoms with Crippen LogP contribution in [-0.4, -0.2) is 17.6 Å². The zero-order chi connectivity index (χ0) is 21.7. The average Bonchev–Trinajstić information content (AvgIpc) is 2.69. The van der Waals surface area contributed by atoms with Crippen LogP contribution in [0.4, 0.5) is 24.5 Å². The highest BCUT2D eigenvalue weighted by molar-refractivity contribution is 7.99. The number of alkyl halides is 2. The lowest BCUT2D eigenvalue weighted by Gasteiger charge is -2.12. The molecule has 0 heterocycles. The van der Waals surface area contributed by atoms with Crippen LogP contribution in [-0.2, 0) is 0 Å². The Kier molecular flexibility index (Phi) is 6.79. The third-order valence-corrected chi connectivity index (χ3v) is 4.89. The van der Waals surface area contributed by atoms with Crippen molar-refractivity contribution in [1.82, 2.24) is 0 Å². The second-order valence-corrected chi connectivity index (χ2v) is 7.39. The Morgan fingerprint density at radius 2 is 1.67 bits per heavy atom. The Morgan fingerprint density at radius 1 is 0.900 bits per heavy atom. The number of halogens is 3. The monoisotopic (exact) mass is 430 g/mol. The number of aryl methyl sites for hydroxylation is 1. The lowest BCUT2D eigenvalue weighted by Crippen LogP contribution is -2.16. The molecule has 3 rings (SSSR count). The number of benzene rings is 3. The highest BCUT2D eigenvalue weighted by Gasteiger charge is 2.14. The molecule has 2 N–H and O–H groups in total. The number of anilines is 2. The van der Waals surface area contributed by atoms with Crippen LogP contribution >= 0.6 is 11.8 Å². The van der Waals surface area contributed by atoms with Crippen LogP contribution in [0, 0.1) is 12.7 Å². The fourth-order valence-corrected chi connectivity index (χ4v) is 3.24. The molecule has 0 fully saturated rings. The molecule has 0 aliphatic carbocycles. The van der Waals surface area contributed by atoms with Gasteiger partial charge < -0.3 is 10.6 Å². The van der Waals surface area contributed by atoms with Gasteiger partial charge in [0.1, 0.15) is 5.82 Å². The zero-order valence-corrected chi connectivity index (χ0v) is 16.6. The molecule has 2 amide bonds. The van der Waals surface area contributed by atoms with E-state index < -0.39 is 23.4 Å². The van der Waals surface area contributed by atoms with Crippen molar-refractivity contribution in [3.05, 3.63) is 89.2 Å². The van der Waals surface area contributed by atoms with E-state index in [0.29, 0.717) is 33.6 Å². The summed E-state index contributed by atoms with van der Waals surface area (Å²) in [6.45, 7) is 1.74. The van der Waals surface area contributed by atoms with E-state index in [2.05, 4.69) is 10.6 Å². The molecule has 0 atom stereocenters. The van der Waals surface area contributed by atoms with Crippen molar-refractivity contribution in [1.29, 1.82) is 0 Å². The standard InChI is InChI=1S/C22H17F3N2O2S/c1-13-9-10-14(11-19(13)27-21(29)17-7-2-3-8-18(17)23)20(28)26-15-5-4-6-16(12-15)30-22(24)25/h2-12,22H,1H3,(H,26,28)(H,27,29). The van der Waals surface area contributed by atoms with Gasteiger partial charge in [0, 0.05) is 21.8 Å². The minimum atomic E-state index is -2.56. The van der Waals surface area contributed by atoms with E-state index in [1.165, 1.54) is 36.4 Å². The number of hydrogen-bond donors (Lipinski definition) is 2. The van der Waals surface area contributed by atoms with Crippen molar-refractivity contribution in [2.75, 3.05) is 10.6 Å². The lowest BCUT2D eigenvalue weighted by molar-refractivity contribution is 0.101. The molecule has 0 spiro atoms. The first-order chi connectivity index (χ1) is 14.3. The van der Waals surface area contributed by atoms with Gasteiger partial charge in [-0.05, 0) is 55.0 Å². The molecule has 0 unspecified atom stereocenters. The molecule has 154 valence electrons. The van der Waals surface area contributed by atoms with Crippen molar-refractivity contribution >= 4 is 35.0 Å². The summed E-state index contributed by atoms with van der Waals surface area (Å²) in [5.74, 6) is -4.32. The molecule has 0 bridgehead atoms. The number of carbonyl (C=O) groups excluding carboxylic acids is 2. The summed E-state index contributed by atoms with van der Waals surface area (Å²) < 4.78 is 38.9. The van der Waals surface area contributed by atoms with Crippen molar-refractivity contribution in [2.24, 2.45) is 0 Å². The zero-order valence-electron chi connectivity index (χ0n) is 15.8. The minimum absolute atomic E-state index is 0.111. The van der Waals surface area contributed by atoms with Gasteiger partial charge in [0.25, 0.3) is 17.6 Å². The molecule has 0 aliphatic rings. The first kappa shape index (κ1) is 21.4. The Balaban J connectivity index is 1.77. The Labute approximate surface area is 175 Å². The lowest BCUT2D eigenvalue weighted by atomic mass is 10.1. The summed E-state index contributed by atoms with van der Waals surface area (Å²) in [6, 6.07) is 16.4. The number of carbonyl (C=O) groups is 2. The number of amides is 2. The molecule has 0 aromatic heterocycles. The van der Waals surface area contributed by atoms with Gasteiger partial charge in [0.05, 0.1) is 5.56 Å². The summed E-state index contributed by atoms with van der Waals surface area (Å²) in [4.78, 5) is 25.3. The number of nitrogens with one attached hydrogen (secondary N) is 2. The third kappa shape index (κ3) is 5.42. The second-order valence-electron chi connectivity index (χ2n) is 6.32. The van der Waals surface area contributed by atoms with Gasteiger partial charge in [0.15, 0.2) is 0 Å². The van der Waals surface area contributed by atoms with Crippen LogP contribution in [0.1, 0.15) is 26.3 Å². The Morgan fingerprint density at radius 3 is 2.40 bits per heavy atom. The minimum Gasteiger partial charge on any atom is -0.322 e. The summed E-state index contributed by atoms with van der Waals surface area (Å²) in [5, 5.41) is 5.25. The first-order valence-corrected chi connectivity index (χ1v) is 9.74. The molecule has 30 heavy (non-hydrogen) atoms. The van der Waals surface area contributed by atoms with E-state index >= 15 is 0 Å². The Hall–Kier alpha value is -3.26. The molecule has 0 aliphatic heterocycles. The van der Waals surface area contributed by atoms with Gasteiger partial charge in [-0.15, -0.1) is 0 Å². The van der Waals surface area contributed by atoms with E-state index in [-0.39, 0.29) is 11.1 Å². The molecular formula is C22H17F3N2O2S. The van der Waals surface area contributed by atoms with Crippen molar-refractivity contribution in [3.8, 4) is 0 Å². The van der Waals surface area contributed by atoms with E-state index in [1.807, 2.05) is 0 Å². The van der Waals surface area contributed by atoms with Crippen LogP contribution in [0.2, 0.25) is 0 Å². The highest BCUT2D eigenvalue weighted by Crippen LogP contribution is 2.27. The normalized spacial score (nSPS) is 10.7. The molecule has 3 aromatic carbocycles. The topological polar surface area (TPSA) is 58.2 Å².